The number of aromatic nitrogens is 1. The zero-order chi connectivity index (χ0) is 8.27. The smallest absolute Gasteiger partial charge is 0.144 e. The van der Waals surface area contributed by atoms with Crippen molar-refractivity contribution in [3.8, 4) is 0 Å². The summed E-state index contributed by atoms with van der Waals surface area (Å²) in [4.78, 5) is 3.86. The van der Waals surface area contributed by atoms with Gasteiger partial charge in [0.25, 0.3) is 0 Å². The molecular formula is C8H12ClFN2. The number of nitrogens with zero attached hydrogens (tertiary/aromatic N) is 1. The molecule has 0 amide bonds. The highest BCUT2D eigenvalue weighted by Crippen LogP contribution is 2.03. The van der Waals surface area contributed by atoms with Crippen molar-refractivity contribution in [3.05, 3.63) is 29.8 Å². The Bertz CT molecular complexity index is 240. The van der Waals surface area contributed by atoms with Gasteiger partial charge in [0.1, 0.15) is 5.82 Å². The first-order valence-corrected chi connectivity index (χ1v) is 3.55. The summed E-state index contributed by atoms with van der Waals surface area (Å²) in [5, 5.41) is 0. The molecule has 1 aromatic heterocycles. The molecule has 0 radical (unpaired) electrons. The third-order valence-corrected chi connectivity index (χ3v) is 1.35. The van der Waals surface area contributed by atoms with Gasteiger partial charge in [-0.2, -0.15) is 0 Å². The third-order valence-electron chi connectivity index (χ3n) is 1.35. The molecule has 0 saturated carbocycles. The van der Waals surface area contributed by atoms with E-state index in [9.17, 15) is 4.39 Å². The van der Waals surface area contributed by atoms with Crippen LogP contribution >= 0.6 is 12.4 Å². The summed E-state index contributed by atoms with van der Waals surface area (Å²) in [6, 6.07) is 2.92. The van der Waals surface area contributed by atoms with E-state index in [0.29, 0.717) is 12.1 Å². The summed E-state index contributed by atoms with van der Waals surface area (Å²) in [5.74, 6) is -0.273. The molecular weight excluding hydrogens is 179 g/mol. The fourth-order valence-corrected chi connectivity index (χ4v) is 0.874. The Morgan fingerprint density at radius 2 is 2.33 bits per heavy atom. The van der Waals surface area contributed by atoms with Gasteiger partial charge in [0.05, 0.1) is 5.69 Å². The largest absolute Gasteiger partial charge is 0.328 e. The number of pyridine rings is 1. The molecule has 2 N–H and O–H groups in total. The summed E-state index contributed by atoms with van der Waals surface area (Å²) in [6.07, 6.45) is 2.06. The molecule has 0 fully saturated rings. The Kier molecular flexibility index (Phi) is 4.78. The lowest BCUT2D eigenvalue weighted by atomic mass is 10.2. The van der Waals surface area contributed by atoms with Crippen molar-refractivity contribution in [3.63, 3.8) is 0 Å². The van der Waals surface area contributed by atoms with Gasteiger partial charge in [-0.15, -0.1) is 12.4 Å². The molecule has 0 aromatic carbocycles. The van der Waals surface area contributed by atoms with E-state index in [0.717, 1.165) is 0 Å². The quantitative estimate of drug-likeness (QED) is 0.769. The molecule has 68 valence electrons. The van der Waals surface area contributed by atoms with Crippen LogP contribution in [0, 0.1) is 5.82 Å². The van der Waals surface area contributed by atoms with Crippen LogP contribution in [0.1, 0.15) is 12.6 Å². The first-order chi connectivity index (χ1) is 5.20. The molecule has 0 spiro atoms. The minimum absolute atomic E-state index is 0. The molecule has 0 aliphatic rings. The maximum Gasteiger partial charge on any atom is 0.144 e. The first-order valence-electron chi connectivity index (χ1n) is 3.55. The topological polar surface area (TPSA) is 38.9 Å². The van der Waals surface area contributed by atoms with Gasteiger partial charge in [0.2, 0.25) is 0 Å². The molecule has 0 saturated heterocycles. The fraction of sp³-hybridized carbons (Fsp3) is 0.375. The van der Waals surface area contributed by atoms with Gasteiger partial charge in [-0.25, -0.2) is 4.39 Å². The van der Waals surface area contributed by atoms with Crippen molar-refractivity contribution in [1.29, 1.82) is 0 Å². The molecule has 12 heavy (non-hydrogen) atoms. The van der Waals surface area contributed by atoms with Crippen molar-refractivity contribution in [2.24, 2.45) is 5.73 Å². The SMILES string of the molecule is CC(N)Cc1ncccc1F.Cl. The van der Waals surface area contributed by atoms with Gasteiger partial charge in [-0.1, -0.05) is 0 Å². The molecule has 1 aromatic rings. The van der Waals surface area contributed by atoms with Crippen LogP contribution in [-0.2, 0) is 6.42 Å². The molecule has 0 aliphatic heterocycles. The number of nitrogens with two attached hydrogens (primary N) is 1. The zero-order valence-corrected chi connectivity index (χ0v) is 7.64. The first kappa shape index (κ1) is 11.3. The summed E-state index contributed by atoms with van der Waals surface area (Å²) in [6.45, 7) is 1.83. The standard InChI is InChI=1S/C8H11FN2.ClH/c1-6(10)5-8-7(9)3-2-4-11-8;/h2-4,6H,5,10H2,1H3;1H. The number of halogens is 2. The average Bonchev–Trinajstić information content (AvgIpc) is 1.93. The van der Waals surface area contributed by atoms with Crippen molar-refractivity contribution >= 4 is 12.4 Å². The molecule has 0 bridgehead atoms. The number of hydrogen-bond acceptors (Lipinski definition) is 2. The van der Waals surface area contributed by atoms with E-state index < -0.39 is 0 Å². The third kappa shape index (κ3) is 3.15. The van der Waals surface area contributed by atoms with Crippen LogP contribution in [0.15, 0.2) is 18.3 Å². The molecule has 0 aliphatic carbocycles. The van der Waals surface area contributed by atoms with Gasteiger partial charge < -0.3 is 5.73 Å². The van der Waals surface area contributed by atoms with Crippen molar-refractivity contribution < 1.29 is 4.39 Å². The Morgan fingerprint density at radius 1 is 1.67 bits per heavy atom. The minimum atomic E-state index is -0.273. The van der Waals surface area contributed by atoms with E-state index in [-0.39, 0.29) is 24.3 Å². The van der Waals surface area contributed by atoms with Gasteiger partial charge >= 0.3 is 0 Å². The van der Waals surface area contributed by atoms with Gasteiger partial charge in [0.15, 0.2) is 0 Å². The van der Waals surface area contributed by atoms with E-state index in [2.05, 4.69) is 4.98 Å². The highest BCUT2D eigenvalue weighted by molar-refractivity contribution is 5.85. The van der Waals surface area contributed by atoms with Crippen LogP contribution in [0.2, 0.25) is 0 Å². The summed E-state index contributed by atoms with van der Waals surface area (Å²) >= 11 is 0. The second-order valence-corrected chi connectivity index (χ2v) is 2.61. The van der Waals surface area contributed by atoms with E-state index in [4.69, 9.17) is 5.73 Å². The van der Waals surface area contributed by atoms with Gasteiger partial charge in [0, 0.05) is 18.7 Å². The lowest BCUT2D eigenvalue weighted by Gasteiger charge is -2.03. The predicted molar refractivity (Wildman–Crippen MR) is 48.8 cm³/mol. The molecule has 1 unspecified atom stereocenters. The van der Waals surface area contributed by atoms with Crippen molar-refractivity contribution in [1.82, 2.24) is 4.98 Å². The molecule has 1 heterocycles. The lowest BCUT2D eigenvalue weighted by Crippen LogP contribution is -2.19. The van der Waals surface area contributed by atoms with Crippen LogP contribution in [0.5, 0.6) is 0 Å². The molecule has 4 heteroatoms. The Labute approximate surface area is 77.4 Å². The minimum Gasteiger partial charge on any atom is -0.328 e. The normalized spacial score (nSPS) is 11.9. The summed E-state index contributed by atoms with van der Waals surface area (Å²) < 4.78 is 12.8. The maximum absolute atomic E-state index is 12.8. The van der Waals surface area contributed by atoms with Crippen LogP contribution in [0.4, 0.5) is 4.39 Å². The predicted octanol–water partition coefficient (Wildman–Crippen LogP) is 1.53. The van der Waals surface area contributed by atoms with Crippen molar-refractivity contribution in [2.75, 3.05) is 0 Å². The van der Waals surface area contributed by atoms with Crippen molar-refractivity contribution in [2.45, 2.75) is 19.4 Å². The highest BCUT2D eigenvalue weighted by Gasteiger charge is 2.03. The second kappa shape index (κ2) is 5.06. The number of hydrogen-bond donors (Lipinski definition) is 1. The Hall–Kier alpha value is -0.670. The van der Waals surface area contributed by atoms with Crippen LogP contribution < -0.4 is 5.73 Å². The van der Waals surface area contributed by atoms with E-state index in [1.165, 1.54) is 6.07 Å². The Balaban J connectivity index is 0.00000121. The second-order valence-electron chi connectivity index (χ2n) is 2.61. The average molecular weight is 191 g/mol. The fourth-order valence-electron chi connectivity index (χ4n) is 0.874. The van der Waals surface area contributed by atoms with Crippen LogP contribution in [0.3, 0.4) is 0 Å². The molecule has 2 nitrogen and oxygen atoms in total. The van der Waals surface area contributed by atoms with Gasteiger partial charge in [-0.3, -0.25) is 4.98 Å². The van der Waals surface area contributed by atoms with Gasteiger partial charge in [-0.05, 0) is 19.1 Å². The molecule has 1 rings (SSSR count). The summed E-state index contributed by atoms with van der Waals surface area (Å²) in [7, 11) is 0. The lowest BCUT2D eigenvalue weighted by molar-refractivity contribution is 0.583. The zero-order valence-electron chi connectivity index (χ0n) is 6.83. The van der Waals surface area contributed by atoms with Crippen LogP contribution in [-0.4, -0.2) is 11.0 Å². The van der Waals surface area contributed by atoms with E-state index in [1.807, 2.05) is 6.92 Å². The Morgan fingerprint density at radius 3 is 2.83 bits per heavy atom. The molecule has 1 atom stereocenters. The van der Waals surface area contributed by atoms with E-state index in [1.54, 1.807) is 12.3 Å². The van der Waals surface area contributed by atoms with Crippen LogP contribution in [0.25, 0.3) is 0 Å². The highest BCUT2D eigenvalue weighted by atomic mass is 35.5. The maximum atomic E-state index is 12.8. The van der Waals surface area contributed by atoms with E-state index >= 15 is 0 Å². The number of rotatable bonds is 2. The summed E-state index contributed by atoms with van der Waals surface area (Å²) in [5.41, 5.74) is 5.93. The monoisotopic (exact) mass is 190 g/mol.